The number of aliphatic hydroxyl groups excluding tert-OH is 1. The average Bonchev–Trinajstić information content (AvgIpc) is 2.86. The van der Waals surface area contributed by atoms with Crippen molar-refractivity contribution in [3.63, 3.8) is 0 Å². The zero-order valence-electron chi connectivity index (χ0n) is 10.7. The molecule has 0 aliphatic heterocycles. The average molecular weight is 307 g/mol. The maximum atomic E-state index is 12.3. The van der Waals surface area contributed by atoms with Gasteiger partial charge < -0.3 is 5.11 Å². The standard InChI is InChI=1S/C11H12F3N3O2S/c1-3-6(18)9(7(19)4-2)16-17-10-15-8(5-20-10)11(12,13)14/h5,18H,3-4H2,1-2H3/b9-6-,17-16?. The molecule has 1 aromatic heterocycles. The molecule has 5 nitrogen and oxygen atoms in total. The second kappa shape index (κ2) is 6.60. The predicted molar refractivity (Wildman–Crippen MR) is 66.9 cm³/mol. The van der Waals surface area contributed by atoms with Gasteiger partial charge in [-0.05, 0) is 0 Å². The summed E-state index contributed by atoms with van der Waals surface area (Å²) in [6.07, 6.45) is -4.27. The van der Waals surface area contributed by atoms with Gasteiger partial charge in [0, 0.05) is 18.2 Å². The van der Waals surface area contributed by atoms with E-state index < -0.39 is 17.7 Å². The first kappa shape index (κ1) is 16.3. The van der Waals surface area contributed by atoms with Gasteiger partial charge in [-0.1, -0.05) is 13.8 Å². The minimum absolute atomic E-state index is 0.101. The lowest BCUT2D eigenvalue weighted by Gasteiger charge is -2.00. The molecule has 9 heteroatoms. The maximum absolute atomic E-state index is 12.3. The van der Waals surface area contributed by atoms with Gasteiger partial charge in [-0.3, -0.25) is 4.79 Å². The minimum Gasteiger partial charge on any atom is -0.510 e. The Labute approximate surface area is 116 Å². The SMILES string of the molecule is CCC(=O)/C(N=Nc1nc(C(F)(F)F)cs1)=C(/O)CC. The summed E-state index contributed by atoms with van der Waals surface area (Å²) in [6, 6.07) is 0. The number of hydrogen-bond donors (Lipinski definition) is 1. The highest BCUT2D eigenvalue weighted by atomic mass is 32.1. The third-order valence-corrected chi connectivity index (χ3v) is 2.94. The van der Waals surface area contributed by atoms with E-state index in [-0.39, 0.29) is 29.4 Å². The van der Waals surface area contributed by atoms with Crippen LogP contribution in [0.5, 0.6) is 0 Å². The number of nitrogens with zero attached hydrogens (tertiary/aromatic N) is 3. The third-order valence-electron chi connectivity index (χ3n) is 2.21. The first-order chi connectivity index (χ1) is 9.29. The van der Waals surface area contributed by atoms with Crippen molar-refractivity contribution in [1.82, 2.24) is 4.98 Å². The molecule has 1 aromatic rings. The van der Waals surface area contributed by atoms with E-state index in [1.54, 1.807) is 13.8 Å². The van der Waals surface area contributed by atoms with Crippen molar-refractivity contribution < 1.29 is 23.1 Å². The Balaban J connectivity index is 3.00. The Bertz CT molecular complexity index is 549. The first-order valence-corrected chi connectivity index (χ1v) is 6.57. The highest BCUT2D eigenvalue weighted by Crippen LogP contribution is 2.32. The van der Waals surface area contributed by atoms with Crippen LogP contribution in [0.2, 0.25) is 0 Å². The Kier molecular flexibility index (Phi) is 5.37. The number of aliphatic hydroxyl groups is 1. The number of ketones is 1. The highest BCUT2D eigenvalue weighted by molar-refractivity contribution is 7.13. The quantitative estimate of drug-likeness (QED) is 0.497. The predicted octanol–water partition coefficient (Wildman–Crippen LogP) is 4.40. The van der Waals surface area contributed by atoms with Crippen molar-refractivity contribution in [3.8, 4) is 0 Å². The summed E-state index contributed by atoms with van der Waals surface area (Å²) in [6.45, 7) is 3.19. The van der Waals surface area contributed by atoms with Crippen LogP contribution in [-0.4, -0.2) is 15.9 Å². The molecule has 0 bridgehead atoms. The summed E-state index contributed by atoms with van der Waals surface area (Å²) in [5.74, 6) is -0.700. The van der Waals surface area contributed by atoms with Crippen LogP contribution in [-0.2, 0) is 11.0 Å². The molecule has 1 rings (SSSR count). The number of aromatic nitrogens is 1. The van der Waals surface area contributed by atoms with Gasteiger partial charge in [0.05, 0.1) is 0 Å². The normalized spacial score (nSPS) is 13.7. The van der Waals surface area contributed by atoms with Crippen LogP contribution in [0, 0.1) is 0 Å². The van der Waals surface area contributed by atoms with Crippen LogP contribution in [0.25, 0.3) is 0 Å². The molecule has 0 atom stereocenters. The van der Waals surface area contributed by atoms with E-state index in [2.05, 4.69) is 15.2 Å². The molecule has 0 spiro atoms. The molecular formula is C11H12F3N3O2S. The fourth-order valence-corrected chi connectivity index (χ4v) is 1.78. The molecule has 0 fully saturated rings. The van der Waals surface area contributed by atoms with E-state index in [0.29, 0.717) is 11.3 Å². The van der Waals surface area contributed by atoms with Gasteiger partial charge in [0.15, 0.2) is 17.2 Å². The fraction of sp³-hybridized carbons (Fsp3) is 0.455. The van der Waals surface area contributed by atoms with Crippen molar-refractivity contribution in [2.75, 3.05) is 0 Å². The fourth-order valence-electron chi connectivity index (χ4n) is 1.14. The van der Waals surface area contributed by atoms with E-state index in [1.807, 2.05) is 0 Å². The van der Waals surface area contributed by atoms with E-state index >= 15 is 0 Å². The van der Waals surface area contributed by atoms with Crippen LogP contribution in [0.4, 0.5) is 18.3 Å². The van der Waals surface area contributed by atoms with Crippen molar-refractivity contribution in [1.29, 1.82) is 0 Å². The van der Waals surface area contributed by atoms with Crippen LogP contribution in [0.15, 0.2) is 27.1 Å². The number of Topliss-reactive ketones (excluding diaryl/α,β-unsaturated/α-hetero) is 1. The molecule has 1 N–H and O–H groups in total. The van der Waals surface area contributed by atoms with E-state index in [0.717, 1.165) is 5.38 Å². The zero-order chi connectivity index (χ0) is 15.3. The number of rotatable bonds is 5. The topological polar surface area (TPSA) is 74.9 Å². The number of hydrogen-bond acceptors (Lipinski definition) is 6. The highest BCUT2D eigenvalue weighted by Gasteiger charge is 2.33. The molecule has 0 amide bonds. The largest absolute Gasteiger partial charge is 0.510 e. The van der Waals surface area contributed by atoms with Gasteiger partial charge in [-0.15, -0.1) is 21.6 Å². The summed E-state index contributed by atoms with van der Waals surface area (Å²) < 4.78 is 37.0. The Hall–Kier alpha value is -1.77. The molecule has 20 heavy (non-hydrogen) atoms. The molecule has 0 saturated carbocycles. The Morgan fingerprint density at radius 1 is 1.40 bits per heavy atom. The van der Waals surface area contributed by atoms with Gasteiger partial charge in [-0.2, -0.15) is 13.2 Å². The van der Waals surface area contributed by atoms with Crippen molar-refractivity contribution in [3.05, 3.63) is 22.5 Å². The summed E-state index contributed by atoms with van der Waals surface area (Å²) >= 11 is 0.650. The number of thiazole rings is 1. The van der Waals surface area contributed by atoms with Gasteiger partial charge in [0.2, 0.25) is 5.13 Å². The molecule has 0 aliphatic carbocycles. The molecule has 0 saturated heterocycles. The number of halogens is 3. The smallest absolute Gasteiger partial charge is 0.434 e. The van der Waals surface area contributed by atoms with E-state index in [9.17, 15) is 23.1 Å². The van der Waals surface area contributed by atoms with E-state index in [1.165, 1.54) is 0 Å². The van der Waals surface area contributed by atoms with Crippen LogP contribution in [0.3, 0.4) is 0 Å². The third kappa shape index (κ3) is 4.12. The second-order valence-corrected chi connectivity index (χ2v) is 4.48. The summed E-state index contributed by atoms with van der Waals surface area (Å²) in [4.78, 5) is 14.8. The molecule has 110 valence electrons. The lowest BCUT2D eigenvalue weighted by molar-refractivity contribution is -0.140. The second-order valence-electron chi connectivity index (χ2n) is 3.64. The molecule has 0 aromatic carbocycles. The lowest BCUT2D eigenvalue weighted by Crippen LogP contribution is -2.04. The maximum Gasteiger partial charge on any atom is 0.434 e. The molecule has 0 unspecified atom stereocenters. The van der Waals surface area contributed by atoms with Gasteiger partial charge in [0.25, 0.3) is 0 Å². The summed E-state index contributed by atoms with van der Waals surface area (Å²) in [5, 5.41) is 17.1. The van der Waals surface area contributed by atoms with E-state index in [4.69, 9.17) is 0 Å². The number of azo groups is 1. The summed E-state index contributed by atoms with van der Waals surface area (Å²) in [7, 11) is 0. The number of carbonyl (C=O) groups is 1. The van der Waals surface area contributed by atoms with Crippen LogP contribution < -0.4 is 0 Å². The summed E-state index contributed by atoms with van der Waals surface area (Å²) in [5.41, 5.74) is -1.32. The molecule has 1 heterocycles. The molecule has 0 radical (unpaired) electrons. The number of allylic oxidation sites excluding steroid dienone is 2. The first-order valence-electron chi connectivity index (χ1n) is 5.69. The van der Waals surface area contributed by atoms with Gasteiger partial charge >= 0.3 is 6.18 Å². The monoisotopic (exact) mass is 307 g/mol. The Morgan fingerprint density at radius 2 is 2.05 bits per heavy atom. The van der Waals surface area contributed by atoms with Crippen molar-refractivity contribution in [2.24, 2.45) is 10.2 Å². The van der Waals surface area contributed by atoms with Gasteiger partial charge in [0.1, 0.15) is 5.76 Å². The number of alkyl halides is 3. The molecule has 0 aliphatic rings. The van der Waals surface area contributed by atoms with Crippen molar-refractivity contribution in [2.45, 2.75) is 32.9 Å². The van der Waals surface area contributed by atoms with Gasteiger partial charge in [-0.25, -0.2) is 4.98 Å². The van der Waals surface area contributed by atoms with Crippen LogP contribution >= 0.6 is 11.3 Å². The minimum atomic E-state index is -4.55. The Morgan fingerprint density at radius 3 is 2.50 bits per heavy atom. The zero-order valence-corrected chi connectivity index (χ0v) is 11.5. The van der Waals surface area contributed by atoms with Crippen molar-refractivity contribution >= 4 is 22.3 Å². The number of carbonyl (C=O) groups excluding carboxylic acids is 1. The van der Waals surface area contributed by atoms with Crippen LogP contribution in [0.1, 0.15) is 32.4 Å². The lowest BCUT2D eigenvalue weighted by atomic mass is 10.2. The molecular weight excluding hydrogens is 295 g/mol.